The lowest BCUT2D eigenvalue weighted by Gasteiger charge is -2.40. The van der Waals surface area contributed by atoms with Gasteiger partial charge in [-0.25, -0.2) is 4.98 Å². The van der Waals surface area contributed by atoms with Gasteiger partial charge in [0.1, 0.15) is 11.2 Å². The van der Waals surface area contributed by atoms with Gasteiger partial charge >= 0.3 is 0 Å². The normalized spacial score (nSPS) is 30.5. The Bertz CT molecular complexity index is 904. The molecule has 3 saturated heterocycles. The van der Waals surface area contributed by atoms with Crippen molar-refractivity contribution in [3.05, 3.63) is 48.0 Å². The Balaban J connectivity index is 1.38. The van der Waals surface area contributed by atoms with E-state index in [1.165, 1.54) is 0 Å². The first-order valence-corrected chi connectivity index (χ1v) is 10.5. The molecule has 0 saturated carbocycles. The summed E-state index contributed by atoms with van der Waals surface area (Å²) < 4.78 is 17.3. The molecule has 3 aliphatic rings. The predicted molar refractivity (Wildman–Crippen MR) is 107 cm³/mol. The van der Waals surface area contributed by atoms with Crippen LogP contribution in [-0.4, -0.2) is 76.9 Å². The van der Waals surface area contributed by atoms with Crippen molar-refractivity contribution >= 4 is 5.91 Å². The summed E-state index contributed by atoms with van der Waals surface area (Å²) >= 11 is 0. The summed E-state index contributed by atoms with van der Waals surface area (Å²) in [6.45, 7) is 5.74. The Morgan fingerprint density at radius 1 is 1.37 bits per heavy atom. The third kappa shape index (κ3) is 3.19. The zero-order valence-electron chi connectivity index (χ0n) is 17.1. The molecule has 160 valence electrons. The number of amides is 1. The fraction of sp³-hybridized carbons (Fsp3) is 0.545. The molecule has 0 aromatic carbocycles. The summed E-state index contributed by atoms with van der Waals surface area (Å²) in [5.74, 6) is 0.400. The second kappa shape index (κ2) is 7.68. The number of hydrogen-bond acceptors (Lipinski definition) is 7. The maximum Gasteiger partial charge on any atom is 0.259 e. The molecule has 5 heterocycles. The van der Waals surface area contributed by atoms with E-state index in [2.05, 4.69) is 9.88 Å². The maximum atomic E-state index is 13.3. The molecular weight excluding hydrogens is 386 g/mol. The van der Waals surface area contributed by atoms with Gasteiger partial charge in [-0.05, 0) is 25.1 Å². The minimum Gasteiger partial charge on any atom is -0.477 e. The highest BCUT2D eigenvalue weighted by Gasteiger charge is 2.62. The number of ether oxygens (including phenoxy) is 2. The molecule has 4 atom stereocenters. The monoisotopic (exact) mass is 413 g/mol. The second-order valence-electron chi connectivity index (χ2n) is 8.45. The van der Waals surface area contributed by atoms with Gasteiger partial charge in [0, 0.05) is 56.4 Å². The first-order valence-electron chi connectivity index (χ1n) is 10.5. The molecular formula is C22H27N3O5. The Kier molecular flexibility index (Phi) is 5.00. The van der Waals surface area contributed by atoms with Crippen LogP contribution in [0.25, 0.3) is 0 Å². The van der Waals surface area contributed by atoms with Crippen molar-refractivity contribution in [2.24, 2.45) is 11.8 Å². The molecule has 1 spiro atoms. The Morgan fingerprint density at radius 3 is 3.03 bits per heavy atom. The largest absolute Gasteiger partial charge is 0.477 e. The standard InChI is InChI=1S/C22H27N3O5/c1-2-29-20-16(4-3-6-23-20)21(27)25-9-18-17(11-26)19-10-24(8-15-5-7-28-12-15)13-22(18,14-25)30-19/h3-7,12,17-19,26H,2,8-11,13-14H2,1H3/t17-,18+,19+,22+/m0/s1. The number of hydrogen-bond donors (Lipinski definition) is 1. The van der Waals surface area contributed by atoms with Crippen molar-refractivity contribution in [1.29, 1.82) is 0 Å². The van der Waals surface area contributed by atoms with E-state index in [9.17, 15) is 9.90 Å². The number of rotatable bonds is 6. The van der Waals surface area contributed by atoms with Gasteiger partial charge in [-0.1, -0.05) is 0 Å². The zero-order valence-corrected chi connectivity index (χ0v) is 17.1. The van der Waals surface area contributed by atoms with Crippen LogP contribution in [0.4, 0.5) is 0 Å². The first kappa shape index (κ1) is 19.5. The number of nitrogens with zero attached hydrogens (tertiary/aromatic N) is 3. The van der Waals surface area contributed by atoms with Crippen molar-refractivity contribution < 1.29 is 23.8 Å². The fourth-order valence-corrected chi connectivity index (χ4v) is 5.42. The molecule has 8 nitrogen and oxygen atoms in total. The molecule has 30 heavy (non-hydrogen) atoms. The van der Waals surface area contributed by atoms with Crippen LogP contribution >= 0.6 is 0 Å². The van der Waals surface area contributed by atoms with E-state index in [-0.39, 0.29) is 30.5 Å². The lowest BCUT2D eigenvalue weighted by molar-refractivity contribution is -0.118. The van der Waals surface area contributed by atoms with Crippen LogP contribution < -0.4 is 4.74 Å². The number of morpholine rings is 1. The Morgan fingerprint density at radius 2 is 2.27 bits per heavy atom. The van der Waals surface area contributed by atoms with Crippen LogP contribution in [0.3, 0.4) is 0 Å². The van der Waals surface area contributed by atoms with Crippen LogP contribution in [0, 0.1) is 11.8 Å². The van der Waals surface area contributed by atoms with Crippen LogP contribution in [0.1, 0.15) is 22.8 Å². The summed E-state index contributed by atoms with van der Waals surface area (Å²) in [6.07, 6.45) is 5.05. The number of aliphatic hydroxyl groups excluding tert-OH is 1. The molecule has 0 radical (unpaired) electrons. The number of likely N-dealkylation sites (tertiary alicyclic amines) is 2. The summed E-state index contributed by atoms with van der Waals surface area (Å²) in [4.78, 5) is 21.7. The van der Waals surface area contributed by atoms with Crippen molar-refractivity contribution in [3.63, 3.8) is 0 Å². The smallest absolute Gasteiger partial charge is 0.259 e. The number of aromatic nitrogens is 1. The van der Waals surface area contributed by atoms with Crippen LogP contribution in [0.15, 0.2) is 41.3 Å². The van der Waals surface area contributed by atoms with Gasteiger partial charge in [-0.2, -0.15) is 0 Å². The third-order valence-corrected chi connectivity index (χ3v) is 6.63. The minimum atomic E-state index is -0.455. The molecule has 1 amide bonds. The van der Waals surface area contributed by atoms with Gasteiger partial charge in [-0.3, -0.25) is 9.69 Å². The Labute approximate surface area is 175 Å². The van der Waals surface area contributed by atoms with Crippen molar-refractivity contribution in [3.8, 4) is 5.88 Å². The first-order chi connectivity index (χ1) is 14.6. The van der Waals surface area contributed by atoms with E-state index in [0.29, 0.717) is 31.1 Å². The van der Waals surface area contributed by atoms with Crippen LogP contribution in [-0.2, 0) is 11.3 Å². The molecule has 3 fully saturated rings. The topological polar surface area (TPSA) is 88.3 Å². The highest BCUT2D eigenvalue weighted by atomic mass is 16.5. The molecule has 2 aromatic heterocycles. The Hall–Kier alpha value is -2.42. The van der Waals surface area contributed by atoms with Crippen molar-refractivity contribution in [1.82, 2.24) is 14.8 Å². The predicted octanol–water partition coefficient (Wildman–Crippen LogP) is 1.41. The highest BCUT2D eigenvalue weighted by molar-refractivity contribution is 5.96. The van der Waals surface area contributed by atoms with E-state index in [4.69, 9.17) is 13.9 Å². The second-order valence-corrected chi connectivity index (χ2v) is 8.45. The molecule has 0 aliphatic carbocycles. The SMILES string of the molecule is CCOc1ncccc1C(=O)N1C[C@@H]2[C@H](CO)[C@H]3CN(Cc4ccoc4)C[C@]2(C1)O3. The average Bonchev–Trinajstić information content (AvgIpc) is 3.41. The molecule has 5 rings (SSSR count). The number of aliphatic hydroxyl groups is 1. The van der Waals surface area contributed by atoms with E-state index in [1.54, 1.807) is 30.9 Å². The number of pyridine rings is 1. The van der Waals surface area contributed by atoms with Gasteiger partial charge in [0.2, 0.25) is 5.88 Å². The van der Waals surface area contributed by atoms with Crippen LogP contribution in [0.2, 0.25) is 0 Å². The molecule has 1 N–H and O–H groups in total. The quantitative estimate of drug-likeness (QED) is 0.766. The number of carbonyl (C=O) groups excluding carboxylic acids is 1. The van der Waals surface area contributed by atoms with E-state index < -0.39 is 5.60 Å². The van der Waals surface area contributed by atoms with Crippen molar-refractivity contribution in [2.45, 2.75) is 25.2 Å². The molecule has 2 aromatic rings. The molecule has 0 unspecified atom stereocenters. The third-order valence-electron chi connectivity index (χ3n) is 6.63. The number of furan rings is 1. The van der Waals surface area contributed by atoms with Crippen LogP contribution in [0.5, 0.6) is 5.88 Å². The molecule has 3 aliphatic heterocycles. The fourth-order valence-electron chi connectivity index (χ4n) is 5.42. The van der Waals surface area contributed by atoms with Gasteiger partial charge in [0.25, 0.3) is 5.91 Å². The van der Waals surface area contributed by atoms with E-state index in [1.807, 2.05) is 17.9 Å². The van der Waals surface area contributed by atoms with Gasteiger partial charge in [0.15, 0.2) is 0 Å². The van der Waals surface area contributed by atoms with E-state index >= 15 is 0 Å². The number of carbonyl (C=O) groups is 1. The lowest BCUT2D eigenvalue weighted by Crippen LogP contribution is -2.54. The summed E-state index contributed by atoms with van der Waals surface area (Å²) in [5, 5.41) is 10.1. The minimum absolute atomic E-state index is 0.0183. The van der Waals surface area contributed by atoms with Gasteiger partial charge in [-0.15, -0.1) is 0 Å². The zero-order chi connectivity index (χ0) is 20.7. The summed E-state index contributed by atoms with van der Waals surface area (Å²) in [7, 11) is 0. The average molecular weight is 413 g/mol. The summed E-state index contributed by atoms with van der Waals surface area (Å²) in [5.41, 5.74) is 1.13. The highest BCUT2D eigenvalue weighted by Crippen LogP contribution is 2.49. The number of fused-ring (bicyclic) bond motifs is 1. The van der Waals surface area contributed by atoms with Gasteiger partial charge in [0.05, 0.1) is 31.8 Å². The lowest BCUT2D eigenvalue weighted by atomic mass is 9.83. The van der Waals surface area contributed by atoms with Crippen molar-refractivity contribution in [2.75, 3.05) is 39.4 Å². The van der Waals surface area contributed by atoms with E-state index in [0.717, 1.165) is 25.2 Å². The molecule has 8 heteroatoms. The maximum absolute atomic E-state index is 13.3. The van der Waals surface area contributed by atoms with Gasteiger partial charge < -0.3 is 23.9 Å². The summed E-state index contributed by atoms with van der Waals surface area (Å²) in [6, 6.07) is 5.48. The molecule has 2 bridgehead atoms.